The third-order valence-electron chi connectivity index (χ3n) is 14.2. The van der Waals surface area contributed by atoms with Gasteiger partial charge in [-0.05, 0) is 163 Å². The third-order valence-corrected chi connectivity index (χ3v) is 14.2. The van der Waals surface area contributed by atoms with Crippen LogP contribution in [0.1, 0.15) is 44.2 Å². The van der Waals surface area contributed by atoms with Gasteiger partial charge in [0.2, 0.25) is 0 Å². The molecule has 2 unspecified atom stereocenters. The smallest absolute Gasteiger partial charge is 0.123 e. The van der Waals surface area contributed by atoms with Crippen molar-refractivity contribution in [3.8, 4) is 16.8 Å². The predicted octanol–water partition coefficient (Wildman–Crippen LogP) is 17.2. The highest BCUT2D eigenvalue weighted by atomic mass is 19.1. The van der Waals surface area contributed by atoms with Crippen molar-refractivity contribution in [3.63, 3.8) is 0 Å². The first-order chi connectivity index (χ1) is 34.0. The molecule has 0 N–H and O–H groups in total. The van der Waals surface area contributed by atoms with Crippen molar-refractivity contribution in [2.24, 2.45) is 5.92 Å². The fraction of sp³-hybridized carbons (Fsp3) is 0.125. The third kappa shape index (κ3) is 7.74. The Kier molecular flexibility index (Phi) is 10.9. The van der Waals surface area contributed by atoms with E-state index >= 15 is 0 Å². The lowest BCUT2D eigenvalue weighted by atomic mass is 9.93. The lowest BCUT2D eigenvalue weighted by Gasteiger charge is -2.34. The highest BCUT2D eigenvalue weighted by Crippen LogP contribution is 2.49. The zero-order valence-electron chi connectivity index (χ0n) is 39.0. The molecule has 9 aromatic rings. The molecular formula is C64H53FN4. The summed E-state index contributed by atoms with van der Waals surface area (Å²) in [5.41, 5.74) is 18.6. The molecule has 3 aliphatic rings. The number of fused-ring (bicyclic) bond motifs is 6. The molecule has 12 rings (SSSR count). The zero-order chi connectivity index (χ0) is 46.4. The normalized spacial score (nSPS) is 16.2. The summed E-state index contributed by atoms with van der Waals surface area (Å²) < 4.78 is 16.8. The fourth-order valence-electron chi connectivity index (χ4n) is 10.8. The Balaban J connectivity index is 0.882. The van der Waals surface area contributed by atoms with E-state index in [1.165, 1.54) is 51.3 Å². The molecule has 8 aromatic carbocycles. The average Bonchev–Trinajstić information content (AvgIpc) is 3.91. The van der Waals surface area contributed by atoms with Gasteiger partial charge in [-0.25, -0.2) is 4.39 Å². The number of nitrogens with zero attached hydrogens (tertiary/aromatic N) is 4. The molecule has 2 aliphatic carbocycles. The standard InChI is InChI=1S/C64H53FN4/c1-3-11-45-20-30-50(31-21-45)66(55-39-41-64-60(42-55)58-15-8-10-17-62(58)69(64)54-28-18-44(2)19-29-54)51-32-22-46(23-33-51)47-24-34-52(35-25-47)67(53-36-26-48(65)27-37-53)56-38-40-63-59(43-56)57-14-7-9-16-61(57)68(63)49-12-5-4-6-13-49/h4-10,12-18,20-40,42-44,64H,3,11,19,41H2,1-2H3. The number of aromatic nitrogens is 1. The number of halogens is 1. The van der Waals surface area contributed by atoms with Gasteiger partial charge in [-0.2, -0.15) is 0 Å². The van der Waals surface area contributed by atoms with Crippen LogP contribution in [0, 0.1) is 11.7 Å². The molecule has 4 nitrogen and oxygen atoms in total. The maximum atomic E-state index is 14.4. The Hall–Kier alpha value is -8.15. The molecule has 69 heavy (non-hydrogen) atoms. The Morgan fingerprint density at radius 3 is 1.87 bits per heavy atom. The van der Waals surface area contributed by atoms with Gasteiger partial charge >= 0.3 is 0 Å². The van der Waals surface area contributed by atoms with E-state index in [1.54, 1.807) is 0 Å². The Morgan fingerprint density at radius 1 is 0.565 bits per heavy atom. The second-order valence-electron chi connectivity index (χ2n) is 18.6. The lowest BCUT2D eigenvalue weighted by Crippen LogP contribution is -2.32. The van der Waals surface area contributed by atoms with Crippen molar-refractivity contribution in [1.82, 2.24) is 4.57 Å². The van der Waals surface area contributed by atoms with E-state index in [0.29, 0.717) is 5.92 Å². The zero-order valence-corrected chi connectivity index (χ0v) is 39.0. The average molecular weight is 897 g/mol. The molecule has 0 bridgehead atoms. The second-order valence-corrected chi connectivity index (χ2v) is 18.6. The molecule has 1 aliphatic heterocycles. The number of anilines is 6. The maximum absolute atomic E-state index is 14.4. The van der Waals surface area contributed by atoms with E-state index in [0.717, 1.165) is 87.4 Å². The van der Waals surface area contributed by atoms with Crippen LogP contribution in [0.3, 0.4) is 0 Å². The largest absolute Gasteiger partial charge is 0.333 e. The van der Waals surface area contributed by atoms with Crippen molar-refractivity contribution in [1.29, 1.82) is 0 Å². The SMILES string of the molecule is CCCc1ccc(N(C2=CCC3C(=C2)c2ccccc2N3C2=CCC(C)C=C2)c2ccc(-c3ccc(N(c4ccc(F)cc4)c4ccc5c(c4)c4ccccc4n5-c4ccccc4)cc3)cc2)cc1. The van der Waals surface area contributed by atoms with Crippen LogP contribution in [0.25, 0.3) is 44.2 Å². The summed E-state index contributed by atoms with van der Waals surface area (Å²) in [5, 5.41) is 2.33. The van der Waals surface area contributed by atoms with E-state index in [-0.39, 0.29) is 11.9 Å². The van der Waals surface area contributed by atoms with E-state index < -0.39 is 0 Å². The number of rotatable bonds is 11. The quantitative estimate of drug-likeness (QED) is 0.129. The van der Waals surface area contributed by atoms with E-state index in [9.17, 15) is 4.39 Å². The topological polar surface area (TPSA) is 14.7 Å². The first kappa shape index (κ1) is 42.2. The summed E-state index contributed by atoms with van der Waals surface area (Å²) in [6.45, 7) is 4.52. The summed E-state index contributed by atoms with van der Waals surface area (Å²) in [7, 11) is 0. The number of hydrogen-bond acceptors (Lipinski definition) is 3. The van der Waals surface area contributed by atoms with Crippen LogP contribution >= 0.6 is 0 Å². The van der Waals surface area contributed by atoms with Gasteiger partial charge in [0.25, 0.3) is 0 Å². The van der Waals surface area contributed by atoms with Gasteiger partial charge in [-0.1, -0.05) is 129 Å². The first-order valence-electron chi connectivity index (χ1n) is 24.4. The van der Waals surface area contributed by atoms with Gasteiger partial charge in [0, 0.05) is 67.5 Å². The van der Waals surface area contributed by atoms with Crippen LogP contribution in [0.5, 0.6) is 0 Å². The number of benzene rings is 8. The molecule has 0 saturated carbocycles. The van der Waals surface area contributed by atoms with Crippen molar-refractivity contribution < 1.29 is 4.39 Å². The summed E-state index contributed by atoms with van der Waals surface area (Å²) in [5.74, 6) is 0.302. The highest BCUT2D eigenvalue weighted by molar-refractivity contribution is 6.10. The Labute approximate surface area is 404 Å². The minimum Gasteiger partial charge on any atom is -0.333 e. The van der Waals surface area contributed by atoms with Crippen LogP contribution in [0.15, 0.2) is 236 Å². The molecule has 0 radical (unpaired) electrons. The molecule has 0 spiro atoms. The minimum atomic E-state index is -0.262. The Morgan fingerprint density at radius 2 is 1.17 bits per heavy atom. The molecule has 5 heteroatoms. The van der Waals surface area contributed by atoms with Gasteiger partial charge in [0.05, 0.1) is 17.1 Å². The number of aryl methyl sites for hydroxylation is 1. The molecule has 1 aromatic heterocycles. The van der Waals surface area contributed by atoms with E-state index in [1.807, 2.05) is 12.1 Å². The molecule has 2 heterocycles. The summed E-state index contributed by atoms with van der Waals surface area (Å²) >= 11 is 0. The molecular weight excluding hydrogens is 844 g/mol. The van der Waals surface area contributed by atoms with Gasteiger partial charge in [0.15, 0.2) is 0 Å². The van der Waals surface area contributed by atoms with Crippen LogP contribution in [0.2, 0.25) is 0 Å². The maximum Gasteiger partial charge on any atom is 0.123 e. The number of hydrogen-bond donors (Lipinski definition) is 0. The monoisotopic (exact) mass is 896 g/mol. The van der Waals surface area contributed by atoms with Crippen LogP contribution < -0.4 is 14.7 Å². The van der Waals surface area contributed by atoms with Crippen molar-refractivity contribution in [2.45, 2.75) is 45.6 Å². The molecule has 2 atom stereocenters. The number of allylic oxidation sites excluding steroid dienone is 4. The summed E-state index contributed by atoms with van der Waals surface area (Å²) in [6.07, 6.45) is 16.1. The minimum absolute atomic E-state index is 0.248. The predicted molar refractivity (Wildman–Crippen MR) is 288 cm³/mol. The van der Waals surface area contributed by atoms with Crippen molar-refractivity contribution in [3.05, 3.63) is 253 Å². The van der Waals surface area contributed by atoms with Gasteiger partial charge in [-0.15, -0.1) is 0 Å². The van der Waals surface area contributed by atoms with E-state index in [2.05, 4.69) is 233 Å². The van der Waals surface area contributed by atoms with Gasteiger partial charge in [-0.3, -0.25) is 0 Å². The van der Waals surface area contributed by atoms with Gasteiger partial charge < -0.3 is 19.3 Å². The van der Waals surface area contributed by atoms with Crippen LogP contribution in [-0.4, -0.2) is 10.6 Å². The van der Waals surface area contributed by atoms with Crippen LogP contribution in [-0.2, 0) is 6.42 Å². The Bertz CT molecular complexity index is 3470. The van der Waals surface area contributed by atoms with Crippen molar-refractivity contribution >= 4 is 61.5 Å². The molecule has 336 valence electrons. The first-order valence-corrected chi connectivity index (χ1v) is 24.4. The highest BCUT2D eigenvalue weighted by Gasteiger charge is 2.37. The lowest BCUT2D eigenvalue weighted by molar-refractivity contribution is 0.628. The van der Waals surface area contributed by atoms with Crippen LogP contribution in [0.4, 0.5) is 38.5 Å². The second kappa shape index (κ2) is 17.8. The van der Waals surface area contributed by atoms with Gasteiger partial charge in [0.1, 0.15) is 5.82 Å². The molecule has 0 fully saturated rings. The fourth-order valence-corrected chi connectivity index (χ4v) is 10.8. The summed E-state index contributed by atoms with van der Waals surface area (Å²) in [6, 6.07) is 68.5. The number of para-hydroxylation sites is 3. The van der Waals surface area contributed by atoms with Crippen molar-refractivity contribution in [2.75, 3.05) is 14.7 Å². The molecule has 0 saturated heterocycles. The molecule has 0 amide bonds. The van der Waals surface area contributed by atoms with E-state index in [4.69, 9.17) is 0 Å². The summed E-state index contributed by atoms with van der Waals surface area (Å²) in [4.78, 5) is 7.20.